The van der Waals surface area contributed by atoms with Crippen LogP contribution in [0.3, 0.4) is 0 Å². The smallest absolute Gasteiger partial charge is 0.404 e. The highest BCUT2D eigenvalue weighted by atomic mass is 16.4. The zero-order valence-corrected chi connectivity index (χ0v) is 12.3. The third-order valence-corrected chi connectivity index (χ3v) is 3.27. The quantitative estimate of drug-likeness (QED) is 0.603. The normalized spacial score (nSPS) is 10.6. The van der Waals surface area contributed by atoms with Gasteiger partial charge in [-0.15, -0.1) is 0 Å². The van der Waals surface area contributed by atoms with Crippen LogP contribution < -0.4 is 10.6 Å². The maximum atomic E-state index is 10.4. The Morgan fingerprint density at radius 1 is 1.30 bits per heavy atom. The monoisotopic (exact) mass is 312 g/mol. The molecule has 0 aliphatic rings. The standard InChI is InChI=1S/C15H16N6O2/c22-15(23)17-6-2-7-21-8-4-11-9-18-14(20-13(11)21)19-12-3-1-5-16-10-12/h1,3-5,8-10,17H,2,6-7H2,(H,22,23)(H,18,19,20). The average Bonchev–Trinajstić information content (AvgIpc) is 2.95. The summed E-state index contributed by atoms with van der Waals surface area (Å²) in [4.78, 5) is 23.3. The van der Waals surface area contributed by atoms with Gasteiger partial charge < -0.3 is 20.3 Å². The number of carboxylic acid groups (broad SMARTS) is 1. The fourth-order valence-corrected chi connectivity index (χ4v) is 2.22. The summed E-state index contributed by atoms with van der Waals surface area (Å²) in [7, 11) is 0. The van der Waals surface area contributed by atoms with Crippen LogP contribution in [0.25, 0.3) is 11.0 Å². The number of hydrogen-bond donors (Lipinski definition) is 3. The zero-order valence-electron chi connectivity index (χ0n) is 12.3. The van der Waals surface area contributed by atoms with Crippen molar-refractivity contribution in [2.75, 3.05) is 11.9 Å². The third-order valence-electron chi connectivity index (χ3n) is 3.27. The molecule has 8 nitrogen and oxygen atoms in total. The van der Waals surface area contributed by atoms with E-state index in [1.165, 1.54) is 0 Å². The van der Waals surface area contributed by atoms with Crippen molar-refractivity contribution in [1.82, 2.24) is 24.8 Å². The van der Waals surface area contributed by atoms with Crippen LogP contribution in [0.4, 0.5) is 16.4 Å². The van der Waals surface area contributed by atoms with Crippen LogP contribution in [-0.2, 0) is 6.54 Å². The van der Waals surface area contributed by atoms with Crippen LogP contribution in [0.5, 0.6) is 0 Å². The van der Waals surface area contributed by atoms with Gasteiger partial charge in [0, 0.05) is 37.1 Å². The van der Waals surface area contributed by atoms with Crippen molar-refractivity contribution in [3.05, 3.63) is 43.0 Å². The Morgan fingerprint density at radius 3 is 3.00 bits per heavy atom. The molecule has 3 rings (SSSR count). The molecule has 3 N–H and O–H groups in total. The lowest BCUT2D eigenvalue weighted by Crippen LogP contribution is -2.22. The summed E-state index contributed by atoms with van der Waals surface area (Å²) < 4.78 is 1.98. The molecule has 0 aromatic carbocycles. The summed E-state index contributed by atoms with van der Waals surface area (Å²) >= 11 is 0. The fourth-order valence-electron chi connectivity index (χ4n) is 2.22. The topological polar surface area (TPSA) is 105 Å². The number of aromatic nitrogens is 4. The Bertz CT molecular complexity index is 802. The van der Waals surface area contributed by atoms with Gasteiger partial charge in [-0.1, -0.05) is 0 Å². The van der Waals surface area contributed by atoms with Crippen molar-refractivity contribution < 1.29 is 9.90 Å². The molecule has 8 heteroatoms. The van der Waals surface area contributed by atoms with Gasteiger partial charge in [-0.3, -0.25) is 4.98 Å². The highest BCUT2D eigenvalue weighted by molar-refractivity contribution is 5.76. The van der Waals surface area contributed by atoms with Crippen molar-refractivity contribution in [1.29, 1.82) is 0 Å². The SMILES string of the molecule is O=C(O)NCCCn1ccc2cnc(Nc3cccnc3)nc21. The van der Waals surface area contributed by atoms with Gasteiger partial charge >= 0.3 is 6.09 Å². The van der Waals surface area contributed by atoms with Gasteiger partial charge in [0.1, 0.15) is 5.65 Å². The van der Waals surface area contributed by atoms with Crippen LogP contribution in [0, 0.1) is 0 Å². The van der Waals surface area contributed by atoms with Gasteiger partial charge in [0.2, 0.25) is 5.95 Å². The molecule has 3 aromatic heterocycles. The van der Waals surface area contributed by atoms with Crippen molar-refractivity contribution in [3.63, 3.8) is 0 Å². The van der Waals surface area contributed by atoms with Gasteiger partial charge in [-0.2, -0.15) is 4.98 Å². The number of nitrogens with one attached hydrogen (secondary N) is 2. The van der Waals surface area contributed by atoms with E-state index >= 15 is 0 Å². The van der Waals surface area contributed by atoms with Crippen LogP contribution >= 0.6 is 0 Å². The zero-order chi connectivity index (χ0) is 16.1. The summed E-state index contributed by atoms with van der Waals surface area (Å²) in [6, 6.07) is 5.66. The van der Waals surface area contributed by atoms with Gasteiger partial charge in [-0.25, -0.2) is 9.78 Å². The molecule has 0 unspecified atom stereocenters. The Morgan fingerprint density at radius 2 is 2.22 bits per heavy atom. The Labute approximate surface area is 132 Å². The Hall–Kier alpha value is -3.16. The van der Waals surface area contributed by atoms with Crippen LogP contribution in [0.1, 0.15) is 6.42 Å². The Balaban J connectivity index is 1.73. The van der Waals surface area contributed by atoms with E-state index in [2.05, 4.69) is 25.6 Å². The molecule has 118 valence electrons. The number of anilines is 2. The third kappa shape index (κ3) is 3.73. The fraction of sp³-hybridized carbons (Fsp3) is 0.200. The summed E-state index contributed by atoms with van der Waals surface area (Å²) in [6.45, 7) is 1.08. The number of carbonyl (C=O) groups is 1. The van der Waals surface area contributed by atoms with E-state index < -0.39 is 6.09 Å². The number of aryl methyl sites for hydroxylation is 1. The van der Waals surface area contributed by atoms with Gasteiger partial charge in [-0.05, 0) is 24.6 Å². The van der Waals surface area contributed by atoms with Crippen LogP contribution in [-0.4, -0.2) is 37.3 Å². The molecule has 0 spiro atoms. The number of hydrogen-bond acceptors (Lipinski definition) is 5. The van der Waals surface area contributed by atoms with E-state index in [1.807, 2.05) is 29.0 Å². The lowest BCUT2D eigenvalue weighted by molar-refractivity contribution is 0.194. The molecule has 0 atom stereocenters. The molecule has 3 heterocycles. The van der Waals surface area contributed by atoms with Crippen molar-refractivity contribution in [3.8, 4) is 0 Å². The number of nitrogens with zero attached hydrogens (tertiary/aromatic N) is 4. The first kappa shape index (κ1) is 14.8. The highest BCUT2D eigenvalue weighted by Crippen LogP contribution is 2.17. The molecule has 23 heavy (non-hydrogen) atoms. The molecule has 1 amide bonds. The molecule has 0 saturated heterocycles. The molecular weight excluding hydrogens is 296 g/mol. The predicted octanol–water partition coefficient (Wildman–Crippen LogP) is 2.23. The van der Waals surface area contributed by atoms with Crippen molar-refractivity contribution in [2.24, 2.45) is 0 Å². The molecule has 0 radical (unpaired) electrons. The Kier molecular flexibility index (Phi) is 4.32. The van der Waals surface area contributed by atoms with Crippen LogP contribution in [0.15, 0.2) is 43.0 Å². The van der Waals surface area contributed by atoms with Crippen molar-refractivity contribution >= 4 is 28.8 Å². The van der Waals surface area contributed by atoms with E-state index in [0.717, 1.165) is 16.7 Å². The molecule has 0 aliphatic carbocycles. The molecule has 0 fully saturated rings. The summed E-state index contributed by atoms with van der Waals surface area (Å²) in [5, 5.41) is 15.0. The second-order valence-corrected chi connectivity index (χ2v) is 4.93. The van der Waals surface area contributed by atoms with E-state index in [4.69, 9.17) is 5.11 Å². The largest absolute Gasteiger partial charge is 0.465 e. The number of rotatable bonds is 6. The van der Waals surface area contributed by atoms with Gasteiger partial charge in [0.15, 0.2) is 0 Å². The molecule has 0 saturated carbocycles. The maximum Gasteiger partial charge on any atom is 0.404 e. The summed E-state index contributed by atoms with van der Waals surface area (Å²) in [5.74, 6) is 0.495. The minimum absolute atomic E-state index is 0.404. The lowest BCUT2D eigenvalue weighted by atomic mass is 10.4. The molecule has 0 aliphatic heterocycles. The van der Waals surface area contributed by atoms with E-state index in [9.17, 15) is 4.79 Å². The van der Waals surface area contributed by atoms with Crippen molar-refractivity contribution in [2.45, 2.75) is 13.0 Å². The lowest BCUT2D eigenvalue weighted by Gasteiger charge is -2.07. The first-order valence-corrected chi connectivity index (χ1v) is 7.18. The number of pyridine rings is 1. The second-order valence-electron chi connectivity index (χ2n) is 4.93. The summed E-state index contributed by atoms with van der Waals surface area (Å²) in [6.07, 6.45) is 6.76. The highest BCUT2D eigenvalue weighted by Gasteiger charge is 2.06. The minimum atomic E-state index is -1.01. The molecule has 3 aromatic rings. The predicted molar refractivity (Wildman–Crippen MR) is 85.7 cm³/mol. The second kappa shape index (κ2) is 6.73. The van der Waals surface area contributed by atoms with E-state index in [-0.39, 0.29) is 0 Å². The number of amides is 1. The first-order chi connectivity index (χ1) is 11.2. The molecular formula is C15H16N6O2. The summed E-state index contributed by atoms with van der Waals surface area (Å²) in [5.41, 5.74) is 1.62. The average molecular weight is 312 g/mol. The van der Waals surface area contributed by atoms with Gasteiger partial charge in [0.05, 0.1) is 11.9 Å². The van der Waals surface area contributed by atoms with Gasteiger partial charge in [0.25, 0.3) is 0 Å². The minimum Gasteiger partial charge on any atom is -0.465 e. The molecule has 0 bridgehead atoms. The first-order valence-electron chi connectivity index (χ1n) is 7.18. The number of fused-ring (bicyclic) bond motifs is 1. The van der Waals surface area contributed by atoms with E-state index in [1.54, 1.807) is 18.6 Å². The van der Waals surface area contributed by atoms with Crippen LogP contribution in [0.2, 0.25) is 0 Å². The van der Waals surface area contributed by atoms with E-state index in [0.29, 0.717) is 25.5 Å². The maximum absolute atomic E-state index is 10.4.